The molecule has 0 aliphatic carbocycles. The molecule has 0 bridgehead atoms. The van der Waals surface area contributed by atoms with Gasteiger partial charge >= 0.3 is 0 Å². The van der Waals surface area contributed by atoms with Crippen molar-refractivity contribution in [2.24, 2.45) is 5.92 Å². The van der Waals surface area contributed by atoms with Crippen LogP contribution in [0.2, 0.25) is 0 Å². The van der Waals surface area contributed by atoms with Crippen molar-refractivity contribution in [1.29, 1.82) is 0 Å². The summed E-state index contributed by atoms with van der Waals surface area (Å²) < 4.78 is 5.51. The van der Waals surface area contributed by atoms with Crippen molar-refractivity contribution in [3.8, 4) is 5.75 Å². The maximum atomic E-state index is 11.8. The fourth-order valence-electron chi connectivity index (χ4n) is 2.34. The molecule has 1 aromatic rings. The highest BCUT2D eigenvalue weighted by Gasteiger charge is 2.19. The zero-order valence-corrected chi connectivity index (χ0v) is 11.4. The number of para-hydroxylation sites is 1. The van der Waals surface area contributed by atoms with Crippen LogP contribution < -0.4 is 15.4 Å². The van der Waals surface area contributed by atoms with Gasteiger partial charge in [0.05, 0.1) is 13.0 Å². The summed E-state index contributed by atoms with van der Waals surface area (Å²) in [7, 11) is 0. The first-order valence-electron chi connectivity index (χ1n) is 6.92. The molecule has 0 spiro atoms. The van der Waals surface area contributed by atoms with E-state index in [0.29, 0.717) is 18.9 Å². The third-order valence-electron chi connectivity index (χ3n) is 3.28. The summed E-state index contributed by atoms with van der Waals surface area (Å²) in [5, 5.41) is 6.38. The molecule has 1 fully saturated rings. The fraction of sp³-hybridized carbons (Fsp3) is 0.533. The summed E-state index contributed by atoms with van der Waals surface area (Å²) in [6, 6.07) is 9.83. The summed E-state index contributed by atoms with van der Waals surface area (Å²) in [5.74, 6) is 1.50. The molecule has 1 aliphatic heterocycles. The smallest absolute Gasteiger partial charge is 0.223 e. The Labute approximate surface area is 114 Å². The molecule has 2 atom stereocenters. The lowest BCUT2D eigenvalue weighted by molar-refractivity contribution is -0.122. The van der Waals surface area contributed by atoms with Gasteiger partial charge in [-0.3, -0.25) is 4.79 Å². The quantitative estimate of drug-likeness (QED) is 0.847. The van der Waals surface area contributed by atoms with Gasteiger partial charge in [-0.1, -0.05) is 25.1 Å². The maximum absolute atomic E-state index is 11.8. The average molecular weight is 262 g/mol. The Bertz CT molecular complexity index is 394. The van der Waals surface area contributed by atoms with Crippen molar-refractivity contribution in [3.05, 3.63) is 30.3 Å². The Hall–Kier alpha value is -1.55. The molecule has 0 aromatic heterocycles. The van der Waals surface area contributed by atoms with Crippen molar-refractivity contribution in [1.82, 2.24) is 10.6 Å². The predicted octanol–water partition coefficient (Wildman–Crippen LogP) is 1.57. The summed E-state index contributed by atoms with van der Waals surface area (Å²) in [4.78, 5) is 11.8. The second kappa shape index (κ2) is 7.14. The van der Waals surface area contributed by atoms with Crippen LogP contribution in [0.1, 0.15) is 19.8 Å². The molecule has 1 heterocycles. The van der Waals surface area contributed by atoms with E-state index in [-0.39, 0.29) is 11.9 Å². The van der Waals surface area contributed by atoms with E-state index in [1.165, 1.54) is 0 Å². The Morgan fingerprint density at radius 1 is 1.37 bits per heavy atom. The first kappa shape index (κ1) is 13.9. The van der Waals surface area contributed by atoms with Crippen molar-refractivity contribution in [2.45, 2.75) is 25.8 Å². The van der Waals surface area contributed by atoms with Crippen molar-refractivity contribution in [3.63, 3.8) is 0 Å². The molecule has 0 saturated carbocycles. The molecule has 1 amide bonds. The molecule has 4 heteroatoms. The van der Waals surface area contributed by atoms with E-state index in [4.69, 9.17) is 4.74 Å². The SMILES string of the molecule is CC1CNCC(NC(=O)CCOc2ccccc2)C1. The lowest BCUT2D eigenvalue weighted by Crippen LogP contribution is -2.48. The van der Waals surface area contributed by atoms with Crippen LogP contribution in [0.15, 0.2) is 30.3 Å². The van der Waals surface area contributed by atoms with Gasteiger partial charge in [0, 0.05) is 12.6 Å². The first-order valence-corrected chi connectivity index (χ1v) is 6.92. The van der Waals surface area contributed by atoms with Crippen LogP contribution in [0.4, 0.5) is 0 Å². The standard InChI is InChI=1S/C15H22N2O2/c1-12-9-13(11-16-10-12)17-15(18)7-8-19-14-5-3-2-4-6-14/h2-6,12-13,16H,7-11H2,1H3,(H,17,18). The maximum Gasteiger partial charge on any atom is 0.223 e. The van der Waals surface area contributed by atoms with Crippen LogP contribution in [-0.4, -0.2) is 31.6 Å². The van der Waals surface area contributed by atoms with E-state index in [9.17, 15) is 4.79 Å². The second-order valence-corrected chi connectivity index (χ2v) is 5.18. The lowest BCUT2D eigenvalue weighted by Gasteiger charge is -2.28. The van der Waals surface area contributed by atoms with Gasteiger partial charge in [-0.25, -0.2) is 0 Å². The fourth-order valence-corrected chi connectivity index (χ4v) is 2.34. The summed E-state index contributed by atoms with van der Waals surface area (Å²) >= 11 is 0. The first-order chi connectivity index (χ1) is 9.24. The topological polar surface area (TPSA) is 50.4 Å². The Kier molecular flexibility index (Phi) is 5.21. The van der Waals surface area contributed by atoms with Gasteiger partial charge in [0.25, 0.3) is 0 Å². The normalized spacial score (nSPS) is 22.8. The van der Waals surface area contributed by atoms with Crippen molar-refractivity contribution < 1.29 is 9.53 Å². The summed E-state index contributed by atoms with van der Waals surface area (Å²) in [5.41, 5.74) is 0. The van der Waals surface area contributed by atoms with Gasteiger partial charge < -0.3 is 15.4 Å². The number of ether oxygens (including phenoxy) is 1. The molecule has 1 saturated heterocycles. The Balaban J connectivity index is 1.64. The van der Waals surface area contributed by atoms with E-state index < -0.39 is 0 Å². The molecular weight excluding hydrogens is 240 g/mol. The molecule has 2 rings (SSSR count). The number of carbonyl (C=O) groups excluding carboxylic acids is 1. The zero-order chi connectivity index (χ0) is 13.5. The molecule has 104 valence electrons. The van der Waals surface area contributed by atoms with Gasteiger partial charge in [0.2, 0.25) is 5.91 Å². The molecule has 0 radical (unpaired) electrons. The van der Waals surface area contributed by atoms with Crippen LogP contribution >= 0.6 is 0 Å². The van der Waals surface area contributed by atoms with Gasteiger partial charge in [-0.2, -0.15) is 0 Å². The van der Waals surface area contributed by atoms with Crippen LogP contribution in [-0.2, 0) is 4.79 Å². The highest BCUT2D eigenvalue weighted by molar-refractivity contribution is 5.76. The number of carbonyl (C=O) groups is 1. The number of nitrogens with one attached hydrogen (secondary N) is 2. The third kappa shape index (κ3) is 4.91. The van der Waals surface area contributed by atoms with Gasteiger partial charge in [0.15, 0.2) is 0 Å². The lowest BCUT2D eigenvalue weighted by atomic mass is 9.98. The number of benzene rings is 1. The van der Waals surface area contributed by atoms with E-state index in [2.05, 4.69) is 17.6 Å². The van der Waals surface area contributed by atoms with Crippen LogP contribution in [0.5, 0.6) is 5.75 Å². The molecule has 1 aliphatic rings. The monoisotopic (exact) mass is 262 g/mol. The molecule has 2 unspecified atom stereocenters. The third-order valence-corrected chi connectivity index (χ3v) is 3.28. The Morgan fingerprint density at radius 2 is 2.16 bits per heavy atom. The van der Waals surface area contributed by atoms with E-state index in [1.807, 2.05) is 30.3 Å². The number of piperidine rings is 1. The van der Waals surface area contributed by atoms with Gasteiger partial charge in [-0.05, 0) is 31.0 Å². The Morgan fingerprint density at radius 3 is 2.89 bits per heavy atom. The van der Waals surface area contributed by atoms with E-state index in [0.717, 1.165) is 25.3 Å². The van der Waals surface area contributed by atoms with Gasteiger partial charge in [0.1, 0.15) is 5.75 Å². The number of hydrogen-bond acceptors (Lipinski definition) is 3. The highest BCUT2D eigenvalue weighted by Crippen LogP contribution is 2.10. The van der Waals surface area contributed by atoms with Crippen molar-refractivity contribution >= 4 is 5.91 Å². The van der Waals surface area contributed by atoms with E-state index in [1.54, 1.807) is 0 Å². The minimum atomic E-state index is 0.0665. The second-order valence-electron chi connectivity index (χ2n) is 5.18. The van der Waals surface area contributed by atoms with E-state index >= 15 is 0 Å². The summed E-state index contributed by atoms with van der Waals surface area (Å²) in [6.45, 7) is 4.54. The van der Waals surface area contributed by atoms with Gasteiger partial charge in [-0.15, -0.1) is 0 Å². The molecule has 2 N–H and O–H groups in total. The predicted molar refractivity (Wildman–Crippen MR) is 75.1 cm³/mol. The molecule has 4 nitrogen and oxygen atoms in total. The zero-order valence-electron chi connectivity index (χ0n) is 11.4. The van der Waals surface area contributed by atoms with Crippen molar-refractivity contribution in [2.75, 3.05) is 19.7 Å². The number of hydrogen-bond donors (Lipinski definition) is 2. The minimum absolute atomic E-state index is 0.0665. The summed E-state index contributed by atoms with van der Waals surface area (Å²) in [6.07, 6.45) is 1.46. The molecule has 19 heavy (non-hydrogen) atoms. The molecule has 1 aromatic carbocycles. The van der Waals surface area contributed by atoms with Crippen LogP contribution in [0, 0.1) is 5.92 Å². The largest absolute Gasteiger partial charge is 0.493 e. The molecular formula is C15H22N2O2. The highest BCUT2D eigenvalue weighted by atomic mass is 16.5. The average Bonchev–Trinajstić information content (AvgIpc) is 2.40. The minimum Gasteiger partial charge on any atom is -0.493 e. The van der Waals surface area contributed by atoms with Crippen LogP contribution in [0.3, 0.4) is 0 Å². The number of amides is 1. The number of rotatable bonds is 5. The van der Waals surface area contributed by atoms with Crippen LogP contribution in [0.25, 0.3) is 0 Å².